The summed E-state index contributed by atoms with van der Waals surface area (Å²) in [5.41, 5.74) is 6.67. The molecular formula is C16H29N5. The zero-order valence-electron chi connectivity index (χ0n) is 13.7. The molecule has 0 amide bonds. The third kappa shape index (κ3) is 4.64. The summed E-state index contributed by atoms with van der Waals surface area (Å²) in [6.07, 6.45) is 2.27. The second-order valence-corrected chi connectivity index (χ2v) is 6.20. The highest BCUT2D eigenvalue weighted by atomic mass is 15.2. The van der Waals surface area contributed by atoms with Crippen molar-refractivity contribution >= 4 is 5.82 Å². The van der Waals surface area contributed by atoms with Gasteiger partial charge in [0, 0.05) is 37.3 Å². The standard InChI is InChI=1S/C16H29N5/c1-13(2)16-18-14(3)12-15(19-16)21-9-5-8-20(10-11-21)7-4-6-17/h12-13H,4-11,17H2,1-3H3. The van der Waals surface area contributed by atoms with Crippen LogP contribution in [0.25, 0.3) is 0 Å². The number of aromatic nitrogens is 2. The Hall–Kier alpha value is -1.20. The zero-order valence-corrected chi connectivity index (χ0v) is 13.7. The summed E-state index contributed by atoms with van der Waals surface area (Å²) in [4.78, 5) is 14.2. The summed E-state index contributed by atoms with van der Waals surface area (Å²) in [5, 5.41) is 0. The molecule has 2 heterocycles. The van der Waals surface area contributed by atoms with Gasteiger partial charge in [-0.2, -0.15) is 0 Å². The number of nitrogens with two attached hydrogens (primary N) is 1. The topological polar surface area (TPSA) is 58.3 Å². The molecule has 0 atom stereocenters. The lowest BCUT2D eigenvalue weighted by molar-refractivity contribution is 0.291. The quantitative estimate of drug-likeness (QED) is 0.896. The molecule has 5 heteroatoms. The van der Waals surface area contributed by atoms with Crippen LogP contribution in [-0.2, 0) is 0 Å². The Morgan fingerprint density at radius 3 is 2.71 bits per heavy atom. The van der Waals surface area contributed by atoms with Crippen molar-refractivity contribution < 1.29 is 0 Å². The monoisotopic (exact) mass is 291 g/mol. The van der Waals surface area contributed by atoms with Gasteiger partial charge < -0.3 is 15.5 Å². The fraction of sp³-hybridized carbons (Fsp3) is 0.750. The summed E-state index contributed by atoms with van der Waals surface area (Å²) < 4.78 is 0. The Kier molecular flexibility index (Phi) is 5.94. The van der Waals surface area contributed by atoms with E-state index in [1.54, 1.807) is 0 Å². The first-order valence-corrected chi connectivity index (χ1v) is 8.13. The van der Waals surface area contributed by atoms with Crippen molar-refractivity contribution in [1.29, 1.82) is 0 Å². The molecule has 0 radical (unpaired) electrons. The Labute approximate surface area is 128 Å². The lowest BCUT2D eigenvalue weighted by Gasteiger charge is -2.23. The lowest BCUT2D eigenvalue weighted by Crippen LogP contribution is -2.32. The molecule has 1 aliphatic heterocycles. The molecular weight excluding hydrogens is 262 g/mol. The van der Waals surface area contributed by atoms with E-state index in [0.717, 1.165) is 63.0 Å². The molecule has 1 fully saturated rings. The molecule has 1 aromatic rings. The summed E-state index contributed by atoms with van der Waals surface area (Å²) >= 11 is 0. The van der Waals surface area contributed by atoms with E-state index in [2.05, 4.69) is 41.6 Å². The van der Waals surface area contributed by atoms with Crippen molar-refractivity contribution in [2.24, 2.45) is 5.73 Å². The first kappa shape index (κ1) is 16.2. The molecule has 0 unspecified atom stereocenters. The Balaban J connectivity index is 2.05. The Morgan fingerprint density at radius 1 is 1.19 bits per heavy atom. The van der Waals surface area contributed by atoms with Crippen LogP contribution in [0, 0.1) is 6.92 Å². The van der Waals surface area contributed by atoms with Crippen molar-refractivity contribution in [3.8, 4) is 0 Å². The molecule has 0 aromatic carbocycles. The van der Waals surface area contributed by atoms with Crippen LogP contribution in [-0.4, -0.2) is 54.1 Å². The summed E-state index contributed by atoms with van der Waals surface area (Å²) in [5.74, 6) is 2.41. The average Bonchev–Trinajstić information content (AvgIpc) is 2.70. The zero-order chi connectivity index (χ0) is 15.2. The van der Waals surface area contributed by atoms with Crippen LogP contribution in [0.5, 0.6) is 0 Å². The van der Waals surface area contributed by atoms with E-state index in [1.165, 1.54) is 6.42 Å². The largest absolute Gasteiger partial charge is 0.355 e. The number of anilines is 1. The van der Waals surface area contributed by atoms with Gasteiger partial charge in [-0.05, 0) is 39.4 Å². The van der Waals surface area contributed by atoms with Crippen LogP contribution >= 0.6 is 0 Å². The van der Waals surface area contributed by atoms with Gasteiger partial charge in [-0.15, -0.1) is 0 Å². The normalized spacial score (nSPS) is 17.3. The third-order valence-electron chi connectivity index (χ3n) is 3.97. The summed E-state index contributed by atoms with van der Waals surface area (Å²) in [7, 11) is 0. The molecule has 1 saturated heterocycles. The van der Waals surface area contributed by atoms with E-state index in [0.29, 0.717) is 5.92 Å². The van der Waals surface area contributed by atoms with Gasteiger partial charge >= 0.3 is 0 Å². The minimum atomic E-state index is 0.372. The number of nitrogens with zero attached hydrogens (tertiary/aromatic N) is 4. The number of aryl methyl sites for hydroxylation is 1. The van der Waals surface area contributed by atoms with Crippen LogP contribution in [0.3, 0.4) is 0 Å². The van der Waals surface area contributed by atoms with E-state index < -0.39 is 0 Å². The molecule has 1 aromatic heterocycles. The molecule has 0 spiro atoms. The average molecular weight is 291 g/mol. The molecule has 0 aliphatic carbocycles. The number of hydrogen-bond donors (Lipinski definition) is 1. The van der Waals surface area contributed by atoms with Crippen molar-refractivity contribution in [1.82, 2.24) is 14.9 Å². The highest BCUT2D eigenvalue weighted by molar-refractivity contribution is 5.40. The molecule has 1 aliphatic rings. The first-order chi connectivity index (χ1) is 10.1. The number of rotatable bonds is 5. The highest BCUT2D eigenvalue weighted by Crippen LogP contribution is 2.18. The molecule has 21 heavy (non-hydrogen) atoms. The molecule has 118 valence electrons. The third-order valence-corrected chi connectivity index (χ3v) is 3.97. The molecule has 0 bridgehead atoms. The van der Waals surface area contributed by atoms with Crippen molar-refractivity contribution in [3.05, 3.63) is 17.6 Å². The van der Waals surface area contributed by atoms with Gasteiger partial charge in [-0.25, -0.2) is 9.97 Å². The van der Waals surface area contributed by atoms with E-state index >= 15 is 0 Å². The second-order valence-electron chi connectivity index (χ2n) is 6.20. The summed E-state index contributed by atoms with van der Waals surface area (Å²) in [6, 6.07) is 2.11. The Morgan fingerprint density at radius 2 is 2.00 bits per heavy atom. The van der Waals surface area contributed by atoms with Crippen molar-refractivity contribution in [2.75, 3.05) is 44.2 Å². The van der Waals surface area contributed by atoms with Gasteiger partial charge in [0.2, 0.25) is 0 Å². The van der Waals surface area contributed by atoms with Gasteiger partial charge in [0.1, 0.15) is 11.6 Å². The van der Waals surface area contributed by atoms with E-state index in [9.17, 15) is 0 Å². The maximum absolute atomic E-state index is 5.61. The van der Waals surface area contributed by atoms with Crippen LogP contribution < -0.4 is 10.6 Å². The predicted octanol–water partition coefficient (Wildman–Crippen LogP) is 1.77. The van der Waals surface area contributed by atoms with Crippen LogP contribution in [0.1, 0.15) is 44.1 Å². The van der Waals surface area contributed by atoms with E-state index in [4.69, 9.17) is 10.7 Å². The molecule has 2 N–H and O–H groups in total. The molecule has 2 rings (SSSR count). The fourth-order valence-electron chi connectivity index (χ4n) is 2.73. The molecule has 5 nitrogen and oxygen atoms in total. The first-order valence-electron chi connectivity index (χ1n) is 8.13. The van der Waals surface area contributed by atoms with Gasteiger partial charge in [0.05, 0.1) is 0 Å². The number of hydrogen-bond acceptors (Lipinski definition) is 5. The lowest BCUT2D eigenvalue weighted by atomic mass is 10.2. The van der Waals surface area contributed by atoms with Crippen LogP contribution in [0.2, 0.25) is 0 Å². The summed E-state index contributed by atoms with van der Waals surface area (Å²) in [6.45, 7) is 12.6. The van der Waals surface area contributed by atoms with Crippen LogP contribution in [0.4, 0.5) is 5.82 Å². The fourth-order valence-corrected chi connectivity index (χ4v) is 2.73. The highest BCUT2D eigenvalue weighted by Gasteiger charge is 2.17. The maximum Gasteiger partial charge on any atom is 0.133 e. The van der Waals surface area contributed by atoms with Gasteiger partial charge in [0.25, 0.3) is 0 Å². The minimum absolute atomic E-state index is 0.372. The maximum atomic E-state index is 5.61. The van der Waals surface area contributed by atoms with Crippen LogP contribution in [0.15, 0.2) is 6.07 Å². The van der Waals surface area contributed by atoms with Crippen molar-refractivity contribution in [2.45, 2.75) is 39.5 Å². The van der Waals surface area contributed by atoms with Gasteiger partial charge in [-0.3, -0.25) is 0 Å². The molecule has 0 saturated carbocycles. The predicted molar refractivity (Wildman–Crippen MR) is 87.8 cm³/mol. The van der Waals surface area contributed by atoms with Gasteiger partial charge in [0.15, 0.2) is 0 Å². The second kappa shape index (κ2) is 7.71. The SMILES string of the molecule is Cc1cc(N2CCCN(CCCN)CC2)nc(C(C)C)n1. The minimum Gasteiger partial charge on any atom is -0.355 e. The van der Waals surface area contributed by atoms with Gasteiger partial charge in [-0.1, -0.05) is 13.8 Å². The van der Waals surface area contributed by atoms with E-state index in [-0.39, 0.29) is 0 Å². The van der Waals surface area contributed by atoms with Crippen molar-refractivity contribution in [3.63, 3.8) is 0 Å². The van der Waals surface area contributed by atoms with E-state index in [1.807, 2.05) is 0 Å². The Bertz CT molecular complexity index is 446. The smallest absolute Gasteiger partial charge is 0.133 e.